The van der Waals surface area contributed by atoms with E-state index in [1.165, 1.54) is 31.7 Å². The zero-order chi connectivity index (χ0) is 12.1. The highest BCUT2D eigenvalue weighted by molar-refractivity contribution is 5.21. The van der Waals surface area contributed by atoms with Crippen LogP contribution >= 0.6 is 0 Å². The van der Waals surface area contributed by atoms with Crippen molar-refractivity contribution in [2.24, 2.45) is 5.92 Å². The van der Waals surface area contributed by atoms with E-state index in [1.54, 1.807) is 12.1 Å². The molecule has 0 spiro atoms. The summed E-state index contributed by atoms with van der Waals surface area (Å²) < 4.78 is 13.3. The fourth-order valence-corrected chi connectivity index (χ4v) is 2.77. The van der Waals surface area contributed by atoms with Gasteiger partial charge in [0.25, 0.3) is 0 Å². The second kappa shape index (κ2) is 6.12. The van der Waals surface area contributed by atoms with Gasteiger partial charge in [0, 0.05) is 12.6 Å². The number of aliphatic hydroxyl groups is 1. The molecule has 1 aromatic rings. The van der Waals surface area contributed by atoms with Crippen LogP contribution in [0.15, 0.2) is 24.3 Å². The van der Waals surface area contributed by atoms with Crippen molar-refractivity contribution < 1.29 is 9.50 Å². The van der Waals surface area contributed by atoms with Gasteiger partial charge in [-0.25, -0.2) is 4.39 Å². The number of halogens is 1. The van der Waals surface area contributed by atoms with Crippen LogP contribution in [0, 0.1) is 11.7 Å². The molecule has 1 aromatic carbocycles. The van der Waals surface area contributed by atoms with Crippen molar-refractivity contribution in [2.75, 3.05) is 13.2 Å². The standard InChI is InChI=1S/C14H20FNO/c15-13-7-3-6-12(10-13)14(16-8-9-17)11-4-1-2-5-11/h3,6-7,10-11,14,16-17H,1-2,4-5,8-9H2/t14-/m1/s1. The van der Waals surface area contributed by atoms with Crippen molar-refractivity contribution in [1.29, 1.82) is 0 Å². The molecule has 1 saturated carbocycles. The maximum absolute atomic E-state index is 13.3. The maximum atomic E-state index is 13.3. The quantitative estimate of drug-likeness (QED) is 0.825. The zero-order valence-corrected chi connectivity index (χ0v) is 10.0. The Kier molecular flexibility index (Phi) is 4.51. The molecule has 0 aromatic heterocycles. The summed E-state index contributed by atoms with van der Waals surface area (Å²) in [5.41, 5.74) is 1.00. The van der Waals surface area contributed by atoms with E-state index in [4.69, 9.17) is 5.11 Å². The lowest BCUT2D eigenvalue weighted by atomic mass is 9.91. The van der Waals surface area contributed by atoms with Crippen LogP contribution in [0.5, 0.6) is 0 Å². The molecule has 2 nitrogen and oxygen atoms in total. The molecule has 0 unspecified atom stereocenters. The van der Waals surface area contributed by atoms with E-state index in [0.29, 0.717) is 12.5 Å². The maximum Gasteiger partial charge on any atom is 0.123 e. The molecule has 2 N–H and O–H groups in total. The molecule has 1 aliphatic carbocycles. The van der Waals surface area contributed by atoms with Crippen molar-refractivity contribution in [3.8, 4) is 0 Å². The van der Waals surface area contributed by atoms with Gasteiger partial charge < -0.3 is 10.4 Å². The van der Waals surface area contributed by atoms with Crippen molar-refractivity contribution in [3.05, 3.63) is 35.6 Å². The summed E-state index contributed by atoms with van der Waals surface area (Å²) in [5, 5.41) is 12.3. The molecule has 2 rings (SSSR count). The monoisotopic (exact) mass is 237 g/mol. The van der Waals surface area contributed by atoms with Crippen LogP contribution in [-0.4, -0.2) is 18.3 Å². The SMILES string of the molecule is OCCN[C@@H](c1cccc(F)c1)C1CCCC1. The lowest BCUT2D eigenvalue weighted by Crippen LogP contribution is -2.29. The summed E-state index contributed by atoms with van der Waals surface area (Å²) in [7, 11) is 0. The molecule has 0 bridgehead atoms. The third kappa shape index (κ3) is 3.27. The van der Waals surface area contributed by atoms with Crippen LogP contribution in [0.3, 0.4) is 0 Å². The van der Waals surface area contributed by atoms with Gasteiger partial charge in [-0.3, -0.25) is 0 Å². The molecule has 1 aliphatic rings. The number of benzene rings is 1. The van der Waals surface area contributed by atoms with Crippen LogP contribution in [-0.2, 0) is 0 Å². The van der Waals surface area contributed by atoms with Crippen molar-refractivity contribution >= 4 is 0 Å². The van der Waals surface area contributed by atoms with Gasteiger partial charge in [-0.2, -0.15) is 0 Å². The summed E-state index contributed by atoms with van der Waals surface area (Å²) in [6.45, 7) is 0.691. The van der Waals surface area contributed by atoms with E-state index in [2.05, 4.69) is 5.32 Å². The van der Waals surface area contributed by atoms with Crippen LogP contribution in [0.2, 0.25) is 0 Å². The molecule has 0 saturated heterocycles. The Balaban J connectivity index is 2.13. The Morgan fingerprint density at radius 2 is 2.12 bits per heavy atom. The molecule has 3 heteroatoms. The molecule has 0 radical (unpaired) electrons. The van der Waals surface area contributed by atoms with Gasteiger partial charge in [-0.1, -0.05) is 25.0 Å². The van der Waals surface area contributed by atoms with Crippen LogP contribution in [0.4, 0.5) is 4.39 Å². The molecule has 1 atom stereocenters. The average molecular weight is 237 g/mol. The minimum Gasteiger partial charge on any atom is -0.395 e. The van der Waals surface area contributed by atoms with E-state index in [-0.39, 0.29) is 18.5 Å². The normalized spacial score (nSPS) is 18.5. The van der Waals surface area contributed by atoms with E-state index in [0.717, 1.165) is 5.56 Å². The first kappa shape index (κ1) is 12.5. The highest BCUT2D eigenvalue weighted by Crippen LogP contribution is 2.35. The largest absolute Gasteiger partial charge is 0.395 e. The Morgan fingerprint density at radius 1 is 1.35 bits per heavy atom. The van der Waals surface area contributed by atoms with Gasteiger partial charge in [-0.05, 0) is 36.5 Å². The predicted octanol–water partition coefficient (Wildman–Crippen LogP) is 2.64. The Morgan fingerprint density at radius 3 is 2.76 bits per heavy atom. The summed E-state index contributed by atoms with van der Waals surface area (Å²) in [4.78, 5) is 0. The fourth-order valence-electron chi connectivity index (χ4n) is 2.77. The van der Waals surface area contributed by atoms with Gasteiger partial charge in [0.05, 0.1) is 6.61 Å². The lowest BCUT2D eigenvalue weighted by molar-refractivity contribution is 0.268. The molecule has 94 valence electrons. The van der Waals surface area contributed by atoms with Gasteiger partial charge in [0.1, 0.15) is 5.82 Å². The van der Waals surface area contributed by atoms with Crippen LogP contribution in [0.25, 0.3) is 0 Å². The first-order chi connectivity index (χ1) is 8.31. The molecular formula is C14H20FNO. The van der Waals surface area contributed by atoms with Crippen molar-refractivity contribution in [3.63, 3.8) is 0 Å². The molecule has 0 heterocycles. The number of nitrogens with one attached hydrogen (secondary N) is 1. The second-order valence-electron chi connectivity index (χ2n) is 4.75. The van der Waals surface area contributed by atoms with E-state index in [9.17, 15) is 4.39 Å². The van der Waals surface area contributed by atoms with Gasteiger partial charge in [0.15, 0.2) is 0 Å². The third-order valence-corrected chi connectivity index (χ3v) is 3.56. The van der Waals surface area contributed by atoms with Crippen molar-refractivity contribution in [1.82, 2.24) is 5.32 Å². The highest BCUT2D eigenvalue weighted by Gasteiger charge is 2.25. The number of hydrogen-bond donors (Lipinski definition) is 2. The number of rotatable bonds is 5. The summed E-state index contributed by atoms with van der Waals surface area (Å²) in [6.07, 6.45) is 4.91. The van der Waals surface area contributed by atoms with E-state index < -0.39 is 0 Å². The lowest BCUT2D eigenvalue weighted by Gasteiger charge is -2.25. The van der Waals surface area contributed by atoms with E-state index >= 15 is 0 Å². The van der Waals surface area contributed by atoms with Gasteiger partial charge >= 0.3 is 0 Å². The summed E-state index contributed by atoms with van der Waals surface area (Å²) in [6, 6.07) is 6.98. The highest BCUT2D eigenvalue weighted by atomic mass is 19.1. The Bertz CT molecular complexity index is 350. The van der Waals surface area contributed by atoms with Crippen LogP contribution < -0.4 is 5.32 Å². The molecule has 1 fully saturated rings. The third-order valence-electron chi connectivity index (χ3n) is 3.56. The minimum atomic E-state index is -0.184. The van der Waals surface area contributed by atoms with E-state index in [1.807, 2.05) is 6.07 Å². The molecule has 17 heavy (non-hydrogen) atoms. The first-order valence-electron chi connectivity index (χ1n) is 6.41. The molecule has 0 aliphatic heterocycles. The molecular weight excluding hydrogens is 217 g/mol. The smallest absolute Gasteiger partial charge is 0.123 e. The Labute approximate surface area is 102 Å². The minimum absolute atomic E-state index is 0.124. The zero-order valence-electron chi connectivity index (χ0n) is 10.0. The number of aliphatic hydroxyl groups excluding tert-OH is 1. The Hall–Kier alpha value is -0.930. The van der Waals surface area contributed by atoms with Crippen molar-refractivity contribution in [2.45, 2.75) is 31.7 Å². The summed E-state index contributed by atoms with van der Waals surface area (Å²) in [5.74, 6) is 0.389. The average Bonchev–Trinajstić information content (AvgIpc) is 2.83. The van der Waals surface area contributed by atoms with Crippen LogP contribution in [0.1, 0.15) is 37.3 Å². The van der Waals surface area contributed by atoms with Gasteiger partial charge in [-0.15, -0.1) is 0 Å². The predicted molar refractivity (Wildman–Crippen MR) is 66.2 cm³/mol. The fraction of sp³-hybridized carbons (Fsp3) is 0.571. The molecule has 0 amide bonds. The van der Waals surface area contributed by atoms with Gasteiger partial charge in [0.2, 0.25) is 0 Å². The first-order valence-corrected chi connectivity index (χ1v) is 6.41. The second-order valence-corrected chi connectivity index (χ2v) is 4.75. The number of hydrogen-bond acceptors (Lipinski definition) is 2. The summed E-state index contributed by atoms with van der Waals surface area (Å²) >= 11 is 0. The topological polar surface area (TPSA) is 32.3 Å².